The average Bonchev–Trinajstić information content (AvgIpc) is 2.79. The van der Waals surface area contributed by atoms with Crippen molar-refractivity contribution in [3.63, 3.8) is 0 Å². The summed E-state index contributed by atoms with van der Waals surface area (Å²) in [7, 11) is -3.61. The molecule has 0 aliphatic carbocycles. The minimum absolute atomic E-state index is 0.130. The summed E-state index contributed by atoms with van der Waals surface area (Å²) in [6, 6.07) is 14.2. The third kappa shape index (κ3) is 6.15. The standard InChI is InChI=1S/C23H29N3O4S/c1-18-10-11-20(31(29,30)26-14-6-3-7-15-26)16-21(18)23(28)24-13-12-22(27)25-17-19-8-4-2-5-9-19/h2,4-5,8-11,16H,3,6-7,12-15,17H2,1H3,(H,24,28)(H,25,27). The van der Waals surface area contributed by atoms with E-state index in [9.17, 15) is 18.0 Å². The lowest BCUT2D eigenvalue weighted by molar-refractivity contribution is -0.121. The Bertz CT molecular complexity index is 1020. The first-order chi connectivity index (χ1) is 14.9. The minimum atomic E-state index is -3.61. The smallest absolute Gasteiger partial charge is 0.251 e. The van der Waals surface area contributed by atoms with Crippen LogP contribution in [0, 0.1) is 6.92 Å². The van der Waals surface area contributed by atoms with Crippen molar-refractivity contribution in [3.05, 3.63) is 65.2 Å². The Labute approximate surface area is 183 Å². The molecular formula is C23H29N3O4S. The number of nitrogens with one attached hydrogen (secondary N) is 2. The number of aryl methyl sites for hydroxylation is 1. The van der Waals surface area contributed by atoms with Gasteiger partial charge in [0.2, 0.25) is 15.9 Å². The second-order valence-electron chi connectivity index (χ2n) is 7.71. The van der Waals surface area contributed by atoms with Crippen LogP contribution in [0.5, 0.6) is 0 Å². The van der Waals surface area contributed by atoms with Gasteiger partial charge in [0.15, 0.2) is 0 Å². The molecule has 2 aromatic carbocycles. The maximum Gasteiger partial charge on any atom is 0.251 e. The predicted molar refractivity (Wildman–Crippen MR) is 119 cm³/mol. The summed E-state index contributed by atoms with van der Waals surface area (Å²) in [6.07, 6.45) is 2.88. The third-order valence-electron chi connectivity index (χ3n) is 5.38. The van der Waals surface area contributed by atoms with Crippen LogP contribution in [-0.4, -0.2) is 44.2 Å². The van der Waals surface area contributed by atoms with Crippen molar-refractivity contribution in [1.82, 2.24) is 14.9 Å². The molecule has 0 atom stereocenters. The van der Waals surface area contributed by atoms with Crippen molar-refractivity contribution in [3.8, 4) is 0 Å². The lowest BCUT2D eigenvalue weighted by Crippen LogP contribution is -2.36. The second-order valence-corrected chi connectivity index (χ2v) is 9.65. The van der Waals surface area contributed by atoms with E-state index < -0.39 is 10.0 Å². The van der Waals surface area contributed by atoms with E-state index in [-0.39, 0.29) is 29.7 Å². The molecule has 2 amide bonds. The fraction of sp³-hybridized carbons (Fsp3) is 0.391. The first kappa shape index (κ1) is 23.0. The molecule has 0 aromatic heterocycles. The molecule has 0 bridgehead atoms. The van der Waals surface area contributed by atoms with Gasteiger partial charge in [-0.2, -0.15) is 4.31 Å². The van der Waals surface area contributed by atoms with E-state index >= 15 is 0 Å². The van der Waals surface area contributed by atoms with Crippen LogP contribution in [0.1, 0.15) is 47.2 Å². The van der Waals surface area contributed by atoms with Gasteiger partial charge in [0.25, 0.3) is 5.91 Å². The van der Waals surface area contributed by atoms with Crippen LogP contribution >= 0.6 is 0 Å². The highest BCUT2D eigenvalue weighted by Gasteiger charge is 2.27. The van der Waals surface area contributed by atoms with Crippen molar-refractivity contribution in [1.29, 1.82) is 0 Å². The Hall–Kier alpha value is -2.71. The summed E-state index contributed by atoms with van der Waals surface area (Å²) in [5.41, 5.74) is 1.99. The lowest BCUT2D eigenvalue weighted by atomic mass is 10.1. The maximum atomic E-state index is 12.9. The number of hydrogen-bond donors (Lipinski definition) is 2. The summed E-state index contributed by atoms with van der Waals surface area (Å²) in [5.74, 6) is -0.550. The van der Waals surface area contributed by atoms with Gasteiger partial charge in [0.05, 0.1) is 4.90 Å². The molecule has 8 heteroatoms. The summed E-state index contributed by atoms with van der Waals surface area (Å²) in [5, 5.41) is 5.53. The SMILES string of the molecule is Cc1ccc(S(=O)(=O)N2CCCCC2)cc1C(=O)NCCC(=O)NCc1ccccc1. The van der Waals surface area contributed by atoms with Gasteiger partial charge in [-0.15, -0.1) is 0 Å². The molecule has 1 saturated heterocycles. The van der Waals surface area contributed by atoms with Gasteiger partial charge >= 0.3 is 0 Å². The van der Waals surface area contributed by atoms with Crippen LogP contribution in [0.4, 0.5) is 0 Å². The van der Waals surface area contributed by atoms with Crippen LogP contribution in [0.15, 0.2) is 53.4 Å². The number of hydrogen-bond acceptors (Lipinski definition) is 4. The van der Waals surface area contributed by atoms with Crippen molar-refractivity contribution >= 4 is 21.8 Å². The zero-order chi connectivity index (χ0) is 22.3. The summed E-state index contributed by atoms with van der Waals surface area (Å²) in [4.78, 5) is 24.8. The summed E-state index contributed by atoms with van der Waals surface area (Å²) < 4.78 is 27.3. The molecule has 1 fully saturated rings. The first-order valence-electron chi connectivity index (χ1n) is 10.6. The van der Waals surface area contributed by atoms with Gasteiger partial charge in [0.1, 0.15) is 0 Å². The van der Waals surface area contributed by atoms with E-state index in [0.717, 1.165) is 24.8 Å². The van der Waals surface area contributed by atoms with Gasteiger partial charge in [0, 0.05) is 38.2 Å². The molecular weight excluding hydrogens is 414 g/mol. The van der Waals surface area contributed by atoms with Crippen molar-refractivity contribution in [2.24, 2.45) is 0 Å². The van der Waals surface area contributed by atoms with Gasteiger partial charge in [-0.05, 0) is 43.0 Å². The average molecular weight is 444 g/mol. The monoisotopic (exact) mass is 443 g/mol. The Balaban J connectivity index is 1.56. The first-order valence-corrected chi connectivity index (χ1v) is 12.0. The molecule has 1 aliphatic rings. The Kier molecular flexibility index (Phi) is 7.81. The number of carbonyl (C=O) groups excluding carboxylic acids is 2. The molecule has 1 heterocycles. The van der Waals surface area contributed by atoms with E-state index in [1.165, 1.54) is 10.4 Å². The highest BCUT2D eigenvalue weighted by molar-refractivity contribution is 7.89. The molecule has 2 aromatic rings. The predicted octanol–water partition coefficient (Wildman–Crippen LogP) is 2.61. The molecule has 7 nitrogen and oxygen atoms in total. The van der Waals surface area contributed by atoms with E-state index in [0.29, 0.717) is 30.8 Å². The molecule has 0 unspecified atom stereocenters. The summed E-state index contributed by atoms with van der Waals surface area (Å²) >= 11 is 0. The van der Waals surface area contributed by atoms with Crippen LogP contribution in [0.25, 0.3) is 0 Å². The van der Waals surface area contributed by atoms with Crippen molar-refractivity contribution in [2.45, 2.75) is 44.0 Å². The Morgan fingerprint density at radius 3 is 2.39 bits per heavy atom. The summed E-state index contributed by atoms with van der Waals surface area (Å²) in [6.45, 7) is 3.38. The van der Waals surface area contributed by atoms with E-state index in [4.69, 9.17) is 0 Å². The maximum absolute atomic E-state index is 12.9. The number of rotatable bonds is 8. The van der Waals surface area contributed by atoms with Gasteiger partial charge in [-0.3, -0.25) is 9.59 Å². The lowest BCUT2D eigenvalue weighted by Gasteiger charge is -2.26. The molecule has 2 N–H and O–H groups in total. The number of piperidine rings is 1. The largest absolute Gasteiger partial charge is 0.352 e. The Morgan fingerprint density at radius 2 is 1.68 bits per heavy atom. The zero-order valence-electron chi connectivity index (χ0n) is 17.8. The molecule has 3 rings (SSSR count). The second kappa shape index (κ2) is 10.5. The van der Waals surface area contributed by atoms with Crippen LogP contribution in [-0.2, 0) is 21.4 Å². The highest BCUT2D eigenvalue weighted by Crippen LogP contribution is 2.22. The van der Waals surface area contributed by atoms with Crippen molar-refractivity contribution in [2.75, 3.05) is 19.6 Å². The number of carbonyl (C=O) groups is 2. The van der Waals surface area contributed by atoms with Crippen LogP contribution < -0.4 is 10.6 Å². The quantitative estimate of drug-likeness (QED) is 0.656. The number of sulfonamides is 1. The molecule has 0 spiro atoms. The Morgan fingerprint density at radius 1 is 0.968 bits per heavy atom. The normalized spacial score (nSPS) is 14.7. The van der Waals surface area contributed by atoms with E-state index in [1.54, 1.807) is 19.1 Å². The van der Waals surface area contributed by atoms with Gasteiger partial charge in [-0.25, -0.2) is 8.42 Å². The molecule has 0 radical (unpaired) electrons. The van der Waals surface area contributed by atoms with E-state index in [2.05, 4.69) is 10.6 Å². The minimum Gasteiger partial charge on any atom is -0.352 e. The highest BCUT2D eigenvalue weighted by atomic mass is 32.2. The van der Waals surface area contributed by atoms with Gasteiger partial charge in [-0.1, -0.05) is 42.8 Å². The topological polar surface area (TPSA) is 95.6 Å². The number of amides is 2. The molecule has 1 aliphatic heterocycles. The van der Waals surface area contributed by atoms with E-state index in [1.807, 2.05) is 30.3 Å². The number of nitrogens with zero attached hydrogens (tertiary/aromatic N) is 1. The van der Waals surface area contributed by atoms with Crippen LogP contribution in [0.3, 0.4) is 0 Å². The fourth-order valence-corrected chi connectivity index (χ4v) is 5.07. The van der Waals surface area contributed by atoms with Gasteiger partial charge < -0.3 is 10.6 Å². The fourth-order valence-electron chi connectivity index (χ4n) is 3.53. The zero-order valence-corrected chi connectivity index (χ0v) is 18.6. The molecule has 31 heavy (non-hydrogen) atoms. The van der Waals surface area contributed by atoms with Crippen LogP contribution in [0.2, 0.25) is 0 Å². The molecule has 166 valence electrons. The number of benzene rings is 2. The van der Waals surface area contributed by atoms with Crippen molar-refractivity contribution < 1.29 is 18.0 Å². The third-order valence-corrected chi connectivity index (χ3v) is 7.27. The molecule has 0 saturated carbocycles.